The number of nitriles is 1. The Kier molecular flexibility index (Phi) is 17.5. The second kappa shape index (κ2) is 24.3. The molecule has 4 aliphatic carbocycles. The Hall–Kier alpha value is -11.4. The van der Waals surface area contributed by atoms with Crippen molar-refractivity contribution < 1.29 is 43.7 Å². The molecular weight excluding hydrogens is 1040 g/mol. The zero-order chi connectivity index (χ0) is 58.0. The predicted molar refractivity (Wildman–Crippen MR) is 281 cm³/mol. The molecule has 0 bridgehead atoms. The molecule has 6 rings (SSSR count). The van der Waals surface area contributed by atoms with Crippen LogP contribution in [0.5, 0.6) is 0 Å². The molecule has 0 heterocycles. The maximum Gasteiger partial charge on any atom is 0.301 e. The lowest BCUT2D eigenvalue weighted by molar-refractivity contribution is -0.392. The Morgan fingerprint density at radius 3 is 1.70 bits per heavy atom. The zero-order valence-corrected chi connectivity index (χ0v) is 40.9. The number of aliphatic hydroxyl groups is 1. The number of amides is 6. The minimum absolute atomic E-state index is 0.0512. The van der Waals surface area contributed by atoms with Crippen molar-refractivity contribution in [2.24, 2.45) is 77.5 Å². The van der Waals surface area contributed by atoms with E-state index in [-0.39, 0.29) is 11.5 Å². The maximum atomic E-state index is 14.7. The number of hydrogen-bond donors (Lipinski definition) is 15. The van der Waals surface area contributed by atoms with Gasteiger partial charge in [0.1, 0.15) is 6.04 Å². The molecule has 410 valence electrons. The van der Waals surface area contributed by atoms with Gasteiger partial charge in [-0.1, -0.05) is 72.9 Å². The van der Waals surface area contributed by atoms with Crippen molar-refractivity contribution in [3.63, 3.8) is 0 Å². The average Bonchev–Trinajstić information content (AvgIpc) is 3.56. The number of nitrogens with zero attached hydrogens (tertiary/aromatic N) is 8. The Balaban J connectivity index is 1.35. The van der Waals surface area contributed by atoms with E-state index in [0.717, 1.165) is 34.4 Å². The van der Waals surface area contributed by atoms with Crippen molar-refractivity contribution in [2.75, 3.05) is 11.4 Å². The fraction of sp³-hybridized carbons (Fsp3) is 0.196. The van der Waals surface area contributed by atoms with Gasteiger partial charge in [-0.15, -0.1) is 0 Å². The minimum atomic E-state index is -2.63. The zero-order valence-electron chi connectivity index (χ0n) is 40.9. The number of allylic oxidation sites excluding steroid dienone is 12. The summed E-state index contributed by atoms with van der Waals surface area (Å²) in [7, 11) is 0. The predicted octanol–water partition coefficient (Wildman–Crippen LogP) is -5.12. The molecular formula is C46H50N22O11. The van der Waals surface area contributed by atoms with Gasteiger partial charge in [-0.25, -0.2) is 20.0 Å². The maximum absolute atomic E-state index is 14.7. The Morgan fingerprint density at radius 1 is 0.696 bits per heavy atom. The van der Waals surface area contributed by atoms with Crippen LogP contribution in [0.15, 0.2) is 144 Å². The standard InChI is InChI=1S/C46H50N22O11/c47-17-19-14-26(67(76)77)31(27(15-19)68(78)79)66(18-24-16-23-10-4-8-20-12-13-21-9-5-11-25(24)29(21)28(20)23)42(75)41(74)57-30(22-6-2-1-3-7-22)37(70)59-34(63-44(51)52)39(72)61-36(65-46(55)56)40(73)60-35(64-45(53)54)38(71)58-33(32(48)69)62-43(49)50/h1-7,9-16,29-30,33-36,42,75H,8,18H2,(H2,48,69)(H,57,74)(H,58,71)(H,59,70)(H,60,73)(H,61,72)(H4,49,50,62)(H4,51,52,63)(H4,53,54,64)(H4,55,56,65). The van der Waals surface area contributed by atoms with Crippen molar-refractivity contribution in [2.45, 2.75) is 43.4 Å². The summed E-state index contributed by atoms with van der Waals surface area (Å²) in [4.78, 5) is 120. The lowest BCUT2D eigenvalue weighted by Gasteiger charge is -2.38. The van der Waals surface area contributed by atoms with E-state index in [2.05, 4.69) is 30.6 Å². The molecule has 33 heteroatoms. The number of rotatable bonds is 22. The molecule has 0 radical (unpaired) electrons. The number of nitrogens with one attached hydrogen (secondary N) is 5. The number of hydrogen-bond acceptors (Lipinski definition) is 17. The highest BCUT2D eigenvalue weighted by atomic mass is 16.6. The van der Waals surface area contributed by atoms with Crippen LogP contribution in [0.4, 0.5) is 17.1 Å². The summed E-state index contributed by atoms with van der Waals surface area (Å²) in [5.41, 5.74) is 50.1. The molecule has 0 spiro atoms. The van der Waals surface area contributed by atoms with Crippen molar-refractivity contribution in [3.8, 4) is 6.07 Å². The van der Waals surface area contributed by atoms with Crippen molar-refractivity contribution in [1.29, 1.82) is 5.26 Å². The number of nitrogens with two attached hydrogens (primary N) is 9. The summed E-state index contributed by atoms with van der Waals surface area (Å²) >= 11 is 0. The summed E-state index contributed by atoms with van der Waals surface area (Å²) in [6.07, 6.45) is 4.21. The highest BCUT2D eigenvalue weighted by Gasteiger charge is 2.42. The molecule has 0 saturated heterocycles. The number of carbonyl (C=O) groups excluding carboxylic acids is 6. The van der Waals surface area contributed by atoms with Gasteiger partial charge in [0.2, 0.25) is 36.8 Å². The van der Waals surface area contributed by atoms with Crippen LogP contribution in [0.1, 0.15) is 23.6 Å². The van der Waals surface area contributed by atoms with Gasteiger partial charge in [-0.3, -0.25) is 49.0 Å². The number of aliphatic hydroxyl groups excluding tert-OH is 1. The van der Waals surface area contributed by atoms with Crippen molar-refractivity contribution >= 4 is 76.3 Å². The Bertz CT molecular complexity index is 3260. The number of primary amides is 1. The lowest BCUT2D eigenvalue weighted by Crippen LogP contribution is -2.58. The molecule has 7 atom stereocenters. The van der Waals surface area contributed by atoms with E-state index < -0.39 is 135 Å². The van der Waals surface area contributed by atoms with Gasteiger partial charge in [0, 0.05) is 24.6 Å². The number of aliphatic imine (C=N–C) groups is 4. The van der Waals surface area contributed by atoms with E-state index in [1.54, 1.807) is 24.3 Å². The number of nitro benzene ring substituents is 2. The molecule has 2 aromatic carbocycles. The van der Waals surface area contributed by atoms with E-state index in [1.165, 1.54) is 30.3 Å². The van der Waals surface area contributed by atoms with Crippen LogP contribution in [0.25, 0.3) is 0 Å². The molecule has 79 heavy (non-hydrogen) atoms. The van der Waals surface area contributed by atoms with Gasteiger partial charge >= 0.3 is 11.4 Å². The summed E-state index contributed by atoms with van der Waals surface area (Å²) in [6.45, 7) is -0.627. The first-order valence-electron chi connectivity index (χ1n) is 22.8. The van der Waals surface area contributed by atoms with Crippen LogP contribution in [0, 0.1) is 37.5 Å². The van der Waals surface area contributed by atoms with E-state index in [9.17, 15) is 59.4 Å². The largest absolute Gasteiger partial charge is 0.370 e. The Labute approximate surface area is 445 Å². The molecule has 24 N–H and O–H groups in total. The molecule has 6 amide bonds. The van der Waals surface area contributed by atoms with Gasteiger partial charge in [0.05, 0.1) is 21.5 Å². The molecule has 0 aliphatic heterocycles. The smallest absolute Gasteiger partial charge is 0.301 e. The highest BCUT2D eigenvalue weighted by molar-refractivity contribution is 5.99. The van der Waals surface area contributed by atoms with Crippen LogP contribution < -0.4 is 83.1 Å². The second-order valence-corrected chi connectivity index (χ2v) is 17.0. The third-order valence-electron chi connectivity index (χ3n) is 11.6. The number of guanidine groups is 4. The topological polar surface area (TPSA) is 580 Å². The fourth-order valence-corrected chi connectivity index (χ4v) is 8.45. The first-order valence-corrected chi connectivity index (χ1v) is 22.8. The summed E-state index contributed by atoms with van der Waals surface area (Å²) in [5.74, 6) is -12.0. The van der Waals surface area contributed by atoms with Crippen LogP contribution in [0.2, 0.25) is 0 Å². The molecule has 4 aliphatic rings. The van der Waals surface area contributed by atoms with Crippen molar-refractivity contribution in [3.05, 3.63) is 156 Å². The molecule has 0 fully saturated rings. The van der Waals surface area contributed by atoms with Gasteiger partial charge in [0.15, 0.2) is 29.5 Å². The molecule has 0 aromatic heterocycles. The van der Waals surface area contributed by atoms with E-state index in [0.29, 0.717) is 22.5 Å². The van der Waals surface area contributed by atoms with E-state index in [1.807, 2.05) is 46.3 Å². The van der Waals surface area contributed by atoms with E-state index in [4.69, 9.17) is 51.6 Å². The quantitative estimate of drug-likeness (QED) is 0.0172. The fourth-order valence-electron chi connectivity index (χ4n) is 8.45. The SMILES string of the molecule is N#Cc1cc([N+](=O)[O-])c(N(CC2=C3C=CC=C4C=CC5=C(C(=C2)C=CC5)C43)C(O)C(=O)NC(C(=O)NC(N=C(N)N)C(=O)NC(N=C(N)N)C(=O)NC(N=C(N)N)C(=O)NC(N=C(N)N)C(N)=O)c2ccccc2)c([N+](=O)[O-])c1. The number of carbonyl (C=O) groups is 6. The first-order chi connectivity index (χ1) is 37.4. The second-order valence-electron chi connectivity index (χ2n) is 17.0. The molecule has 0 saturated carbocycles. The van der Waals surface area contributed by atoms with Crippen LogP contribution >= 0.6 is 0 Å². The molecule has 2 aromatic rings. The van der Waals surface area contributed by atoms with Crippen LogP contribution in [0.3, 0.4) is 0 Å². The lowest BCUT2D eigenvalue weighted by atomic mass is 9.67. The van der Waals surface area contributed by atoms with Crippen molar-refractivity contribution in [1.82, 2.24) is 26.6 Å². The highest BCUT2D eigenvalue weighted by Crippen LogP contribution is 2.49. The van der Waals surface area contributed by atoms with E-state index >= 15 is 0 Å². The Morgan fingerprint density at radius 2 is 1.20 bits per heavy atom. The number of benzene rings is 2. The van der Waals surface area contributed by atoms with Gasteiger partial charge < -0.3 is 88.2 Å². The summed E-state index contributed by atoms with van der Waals surface area (Å²) in [6, 6.07) is 8.16. The van der Waals surface area contributed by atoms with Crippen LogP contribution in [-0.4, -0.2) is 112 Å². The van der Waals surface area contributed by atoms with Gasteiger partial charge in [0.25, 0.3) is 29.5 Å². The monoisotopic (exact) mass is 1090 g/mol. The van der Waals surface area contributed by atoms with Crippen LogP contribution in [-0.2, 0) is 28.8 Å². The van der Waals surface area contributed by atoms with Gasteiger partial charge in [-0.2, -0.15) is 5.26 Å². The third-order valence-corrected chi connectivity index (χ3v) is 11.6. The average molecular weight is 1090 g/mol. The molecule has 7 unspecified atom stereocenters. The summed E-state index contributed by atoms with van der Waals surface area (Å²) < 4.78 is 0. The number of anilines is 1. The summed E-state index contributed by atoms with van der Waals surface area (Å²) in [5, 5.41) is 58.1. The normalized spacial score (nSPS) is 16.6. The third kappa shape index (κ3) is 13.5. The molecule has 33 nitrogen and oxygen atoms in total. The first kappa shape index (κ1) is 56.9. The van der Waals surface area contributed by atoms with Gasteiger partial charge in [-0.05, 0) is 51.5 Å². The minimum Gasteiger partial charge on any atom is -0.370 e. The number of nitro groups is 2.